The van der Waals surface area contributed by atoms with Crippen molar-refractivity contribution in [3.8, 4) is 5.69 Å². The van der Waals surface area contributed by atoms with Gasteiger partial charge in [-0.25, -0.2) is 0 Å². The maximum atomic E-state index is 12.5. The van der Waals surface area contributed by atoms with Crippen molar-refractivity contribution in [3.05, 3.63) is 58.6 Å². The van der Waals surface area contributed by atoms with Gasteiger partial charge in [0.15, 0.2) is 0 Å². The summed E-state index contributed by atoms with van der Waals surface area (Å²) in [6.45, 7) is 4.12. The van der Waals surface area contributed by atoms with Crippen LogP contribution in [0.5, 0.6) is 0 Å². The van der Waals surface area contributed by atoms with Crippen LogP contribution in [0.3, 0.4) is 0 Å². The second kappa shape index (κ2) is 10.4. The highest BCUT2D eigenvalue weighted by molar-refractivity contribution is 7.99. The predicted molar refractivity (Wildman–Crippen MR) is 118 cm³/mol. The van der Waals surface area contributed by atoms with Gasteiger partial charge in [0.1, 0.15) is 0 Å². The van der Waals surface area contributed by atoms with Crippen LogP contribution in [0.4, 0.5) is 5.69 Å². The van der Waals surface area contributed by atoms with Crippen LogP contribution in [0.15, 0.2) is 47.6 Å². The van der Waals surface area contributed by atoms with Gasteiger partial charge in [0.2, 0.25) is 11.1 Å². The van der Waals surface area contributed by atoms with Gasteiger partial charge in [-0.2, -0.15) is 4.68 Å². The van der Waals surface area contributed by atoms with Crippen molar-refractivity contribution in [3.63, 3.8) is 0 Å². The van der Waals surface area contributed by atoms with Gasteiger partial charge < -0.3 is 5.32 Å². The van der Waals surface area contributed by atoms with Crippen molar-refractivity contribution in [1.82, 2.24) is 20.2 Å². The SMILES string of the molecule is CCc1ccc(Cl)c(CC)c1NC(=O)CCCSc1nnnn1-c1ccccc1. The molecule has 1 N–H and O–H groups in total. The highest BCUT2D eigenvalue weighted by atomic mass is 35.5. The topological polar surface area (TPSA) is 72.7 Å². The number of carbonyl (C=O) groups excluding carboxylic acids is 1. The first-order valence-corrected chi connectivity index (χ1v) is 11.1. The predicted octanol–water partition coefficient (Wildman–Crippen LogP) is 4.95. The molecular formula is C21H24ClN5OS. The van der Waals surface area contributed by atoms with E-state index in [4.69, 9.17) is 11.6 Å². The Labute approximate surface area is 180 Å². The van der Waals surface area contributed by atoms with E-state index >= 15 is 0 Å². The molecule has 0 unspecified atom stereocenters. The van der Waals surface area contributed by atoms with E-state index in [1.807, 2.05) is 49.4 Å². The summed E-state index contributed by atoms with van der Waals surface area (Å²) in [5.41, 5.74) is 3.89. The van der Waals surface area contributed by atoms with Gasteiger partial charge in [-0.1, -0.05) is 61.5 Å². The monoisotopic (exact) mass is 429 g/mol. The van der Waals surface area contributed by atoms with E-state index in [0.717, 1.165) is 47.5 Å². The maximum absolute atomic E-state index is 12.5. The number of tetrazole rings is 1. The van der Waals surface area contributed by atoms with E-state index in [9.17, 15) is 4.79 Å². The van der Waals surface area contributed by atoms with Crippen LogP contribution < -0.4 is 5.32 Å². The molecule has 8 heteroatoms. The smallest absolute Gasteiger partial charge is 0.224 e. The zero-order valence-electron chi connectivity index (χ0n) is 16.6. The number of para-hydroxylation sites is 1. The Hall–Kier alpha value is -2.38. The molecule has 29 heavy (non-hydrogen) atoms. The van der Waals surface area contributed by atoms with E-state index < -0.39 is 0 Å². The first kappa shape index (κ1) is 21.3. The second-order valence-corrected chi connectivity index (χ2v) is 7.95. The number of nitrogens with one attached hydrogen (secondary N) is 1. The van der Waals surface area contributed by atoms with Crippen LogP contribution in [0.25, 0.3) is 5.69 Å². The summed E-state index contributed by atoms with van der Waals surface area (Å²) in [4.78, 5) is 12.5. The number of aryl methyl sites for hydroxylation is 1. The van der Waals surface area contributed by atoms with E-state index in [2.05, 4.69) is 27.8 Å². The summed E-state index contributed by atoms with van der Waals surface area (Å²) >= 11 is 7.86. The number of anilines is 1. The molecule has 0 radical (unpaired) electrons. The Morgan fingerprint density at radius 3 is 2.66 bits per heavy atom. The van der Waals surface area contributed by atoms with Crippen molar-refractivity contribution in [2.24, 2.45) is 0 Å². The van der Waals surface area contributed by atoms with E-state index in [1.54, 1.807) is 16.4 Å². The lowest BCUT2D eigenvalue weighted by Gasteiger charge is -2.16. The number of hydrogen-bond acceptors (Lipinski definition) is 5. The van der Waals surface area contributed by atoms with Crippen molar-refractivity contribution in [2.75, 3.05) is 11.1 Å². The molecule has 0 aliphatic heterocycles. The van der Waals surface area contributed by atoms with Crippen LogP contribution in [0, 0.1) is 0 Å². The minimum atomic E-state index is -0.0000760. The minimum Gasteiger partial charge on any atom is -0.326 e. The molecule has 1 amide bonds. The van der Waals surface area contributed by atoms with E-state index in [0.29, 0.717) is 16.6 Å². The summed E-state index contributed by atoms with van der Waals surface area (Å²) < 4.78 is 1.71. The van der Waals surface area contributed by atoms with E-state index in [-0.39, 0.29) is 5.91 Å². The minimum absolute atomic E-state index is 0.0000760. The molecule has 152 valence electrons. The molecule has 0 saturated heterocycles. The molecular weight excluding hydrogens is 406 g/mol. The molecule has 0 saturated carbocycles. The molecule has 2 aromatic carbocycles. The molecule has 0 aliphatic carbocycles. The number of nitrogens with zero attached hydrogens (tertiary/aromatic N) is 4. The lowest BCUT2D eigenvalue weighted by Crippen LogP contribution is -2.15. The average Bonchev–Trinajstić information content (AvgIpc) is 3.21. The normalized spacial score (nSPS) is 10.9. The van der Waals surface area contributed by atoms with Crippen molar-refractivity contribution < 1.29 is 4.79 Å². The lowest BCUT2D eigenvalue weighted by atomic mass is 10.0. The Morgan fingerprint density at radius 1 is 1.14 bits per heavy atom. The third-order valence-corrected chi connectivity index (χ3v) is 5.92. The van der Waals surface area contributed by atoms with E-state index in [1.165, 1.54) is 0 Å². The summed E-state index contributed by atoms with van der Waals surface area (Å²) in [7, 11) is 0. The van der Waals surface area contributed by atoms with Crippen LogP contribution in [-0.4, -0.2) is 31.9 Å². The van der Waals surface area contributed by atoms with Gasteiger partial charge in [0, 0.05) is 22.9 Å². The molecule has 3 rings (SSSR count). The van der Waals surface area contributed by atoms with Gasteiger partial charge in [-0.3, -0.25) is 4.79 Å². The number of benzene rings is 2. The molecule has 0 atom stereocenters. The Kier molecular flexibility index (Phi) is 7.66. The summed E-state index contributed by atoms with van der Waals surface area (Å²) in [5.74, 6) is 0.747. The fraction of sp³-hybridized carbons (Fsp3) is 0.333. The van der Waals surface area contributed by atoms with Crippen LogP contribution in [-0.2, 0) is 17.6 Å². The van der Waals surface area contributed by atoms with Crippen molar-refractivity contribution in [1.29, 1.82) is 0 Å². The number of hydrogen-bond donors (Lipinski definition) is 1. The molecule has 0 bridgehead atoms. The molecule has 3 aromatic rings. The highest BCUT2D eigenvalue weighted by Gasteiger charge is 2.14. The number of carbonyl (C=O) groups is 1. The molecule has 0 aliphatic rings. The lowest BCUT2D eigenvalue weighted by molar-refractivity contribution is -0.116. The van der Waals surface area contributed by atoms with Crippen LogP contribution >= 0.6 is 23.4 Å². The quantitative estimate of drug-likeness (QED) is 0.384. The third-order valence-electron chi connectivity index (χ3n) is 4.56. The maximum Gasteiger partial charge on any atom is 0.224 e. The van der Waals surface area contributed by atoms with Crippen LogP contribution in [0.1, 0.15) is 37.8 Å². The molecule has 0 spiro atoms. The number of halogens is 1. The Morgan fingerprint density at radius 2 is 1.93 bits per heavy atom. The van der Waals surface area contributed by atoms with Gasteiger partial charge in [0.25, 0.3) is 0 Å². The highest BCUT2D eigenvalue weighted by Crippen LogP contribution is 2.29. The van der Waals surface area contributed by atoms with Crippen molar-refractivity contribution >= 4 is 35.0 Å². The fourth-order valence-corrected chi connectivity index (χ4v) is 4.19. The number of aromatic nitrogens is 4. The summed E-state index contributed by atoms with van der Waals surface area (Å²) in [6.07, 6.45) is 2.78. The summed E-state index contributed by atoms with van der Waals surface area (Å²) in [6, 6.07) is 13.6. The van der Waals surface area contributed by atoms with Gasteiger partial charge in [-0.05, 0) is 59.0 Å². The first-order valence-electron chi connectivity index (χ1n) is 9.70. The summed E-state index contributed by atoms with van der Waals surface area (Å²) in [5, 5.41) is 16.4. The molecule has 0 fully saturated rings. The molecule has 6 nitrogen and oxygen atoms in total. The number of amides is 1. The Balaban J connectivity index is 1.55. The average molecular weight is 430 g/mol. The van der Waals surface area contributed by atoms with Gasteiger partial charge in [0.05, 0.1) is 5.69 Å². The zero-order valence-corrected chi connectivity index (χ0v) is 18.1. The number of rotatable bonds is 9. The van der Waals surface area contributed by atoms with Crippen LogP contribution in [0.2, 0.25) is 5.02 Å². The standard InChI is InChI=1S/C21H24ClN5OS/c1-3-15-12-13-18(22)17(4-2)20(15)23-19(28)11-8-14-29-21-24-25-26-27(21)16-9-6-5-7-10-16/h5-7,9-10,12-13H,3-4,8,11,14H2,1-2H3,(H,23,28). The number of thioether (sulfide) groups is 1. The zero-order chi connectivity index (χ0) is 20.6. The Bertz CT molecular complexity index is 961. The largest absolute Gasteiger partial charge is 0.326 e. The van der Waals surface area contributed by atoms with Gasteiger partial charge in [-0.15, -0.1) is 5.10 Å². The third kappa shape index (κ3) is 5.36. The van der Waals surface area contributed by atoms with Gasteiger partial charge >= 0.3 is 0 Å². The first-order chi connectivity index (χ1) is 14.1. The molecule has 1 heterocycles. The van der Waals surface area contributed by atoms with Crippen molar-refractivity contribution in [2.45, 2.75) is 44.7 Å². The fourth-order valence-electron chi connectivity index (χ4n) is 3.07. The molecule has 1 aromatic heterocycles. The second-order valence-electron chi connectivity index (χ2n) is 6.48.